The monoisotopic (exact) mass is 371 g/mol. The number of nitro groups is 1. The zero-order chi connectivity index (χ0) is 16.4. The van der Waals surface area contributed by atoms with E-state index < -0.39 is 46.2 Å². The van der Waals surface area contributed by atoms with E-state index in [0.717, 1.165) is 0 Å². The first-order chi connectivity index (χ1) is 9.55. The minimum atomic E-state index is -2.26. The molecule has 0 amide bonds. The lowest BCUT2D eigenvalue weighted by Gasteiger charge is -2.44. The van der Waals surface area contributed by atoms with Gasteiger partial charge in [0, 0.05) is 34.2 Å². The summed E-state index contributed by atoms with van der Waals surface area (Å²) in [6.07, 6.45) is -3.13. The average molecular weight is 372 g/mol. The molecule has 0 aromatic carbocycles. The maximum atomic E-state index is 11.1. The Bertz CT molecular complexity index is 421. The van der Waals surface area contributed by atoms with E-state index in [0.29, 0.717) is 0 Å². The van der Waals surface area contributed by atoms with Crippen LogP contribution in [0.3, 0.4) is 0 Å². The number of alkyl halides is 1. The van der Waals surface area contributed by atoms with E-state index in [1.807, 2.05) is 0 Å². The zero-order valence-electron chi connectivity index (χ0n) is 11.8. The Kier molecular flexibility index (Phi) is 5.67. The summed E-state index contributed by atoms with van der Waals surface area (Å²) in [4.78, 5) is 21.2. The van der Waals surface area contributed by atoms with Gasteiger partial charge >= 0.3 is 10.4 Å². The predicted molar refractivity (Wildman–Crippen MR) is 72.0 cm³/mol. The molecule has 0 aliphatic carbocycles. The van der Waals surface area contributed by atoms with Crippen molar-refractivity contribution in [3.05, 3.63) is 10.1 Å². The molecular weight excluding hydrogens is 354 g/mol. The molecule has 21 heavy (non-hydrogen) atoms. The minimum Gasteiger partial charge on any atom is -0.436 e. The van der Waals surface area contributed by atoms with Crippen LogP contribution in [-0.2, 0) is 19.0 Å². The molecular formula is C11H18BrNO8. The van der Waals surface area contributed by atoms with Crippen molar-refractivity contribution in [1.82, 2.24) is 0 Å². The molecule has 0 bridgehead atoms. The average Bonchev–Trinajstić information content (AvgIpc) is 2.34. The number of aliphatic hydroxyl groups excluding tert-OH is 2. The maximum Gasteiger partial charge on any atom is 0.327 e. The van der Waals surface area contributed by atoms with Crippen LogP contribution in [0.1, 0.15) is 27.2 Å². The van der Waals surface area contributed by atoms with Crippen LogP contribution in [0.2, 0.25) is 0 Å². The van der Waals surface area contributed by atoms with Crippen molar-refractivity contribution in [1.29, 1.82) is 0 Å². The Balaban J connectivity index is 3.01. The van der Waals surface area contributed by atoms with Crippen LogP contribution in [-0.4, -0.2) is 56.4 Å². The maximum absolute atomic E-state index is 11.1. The van der Waals surface area contributed by atoms with E-state index in [1.165, 1.54) is 13.8 Å². The molecule has 1 saturated heterocycles. The summed E-state index contributed by atoms with van der Waals surface area (Å²) in [5.74, 6) is -2.43. The topological polar surface area (TPSA) is 128 Å². The third-order valence-corrected chi connectivity index (χ3v) is 4.04. The van der Waals surface area contributed by atoms with Crippen LogP contribution >= 0.6 is 15.9 Å². The number of ether oxygens (including phenoxy) is 3. The molecule has 0 aromatic heterocycles. The lowest BCUT2D eigenvalue weighted by atomic mass is 10.0. The number of rotatable bonds is 5. The quantitative estimate of drug-likeness (QED) is 0.229. The summed E-state index contributed by atoms with van der Waals surface area (Å²) in [6, 6.07) is 0. The van der Waals surface area contributed by atoms with E-state index >= 15 is 0 Å². The standard InChI is InChI=1S/C11H18BrNO8/c1-6-4-8(19-7(2)15)21-10(3,20-6)9(16)11(12,5-14)13(17)18/h6,8-9,14,16H,4-5H2,1-3H3. The molecule has 9 nitrogen and oxygen atoms in total. The second-order valence-corrected chi connectivity index (χ2v) is 6.35. The van der Waals surface area contributed by atoms with Crippen LogP contribution in [0.25, 0.3) is 0 Å². The molecule has 0 aromatic rings. The summed E-state index contributed by atoms with van der Waals surface area (Å²) in [6.45, 7) is 3.12. The van der Waals surface area contributed by atoms with Gasteiger partial charge in [0.2, 0.25) is 12.1 Å². The van der Waals surface area contributed by atoms with Crippen LogP contribution in [0.15, 0.2) is 0 Å². The molecule has 1 heterocycles. The highest BCUT2D eigenvalue weighted by molar-refractivity contribution is 9.10. The fourth-order valence-corrected chi connectivity index (χ4v) is 2.50. The van der Waals surface area contributed by atoms with Gasteiger partial charge < -0.3 is 24.4 Å². The highest BCUT2D eigenvalue weighted by Crippen LogP contribution is 2.38. The molecule has 10 heteroatoms. The molecule has 5 unspecified atom stereocenters. The normalized spacial score (nSPS) is 33.8. The smallest absolute Gasteiger partial charge is 0.327 e. The summed E-state index contributed by atoms with van der Waals surface area (Å²) in [7, 11) is 0. The van der Waals surface area contributed by atoms with Crippen LogP contribution < -0.4 is 0 Å². The van der Waals surface area contributed by atoms with Gasteiger partial charge in [-0.15, -0.1) is 0 Å². The SMILES string of the molecule is CC(=O)OC1CC(C)OC(C)(C(O)C(Br)(CO)[N+](=O)[O-])O1. The number of aliphatic hydroxyl groups is 2. The Morgan fingerprint density at radius 3 is 2.67 bits per heavy atom. The first kappa shape index (κ1) is 18.2. The molecule has 1 aliphatic rings. The van der Waals surface area contributed by atoms with Gasteiger partial charge in [-0.1, -0.05) is 0 Å². The molecule has 122 valence electrons. The van der Waals surface area contributed by atoms with Crippen molar-refractivity contribution in [2.24, 2.45) is 0 Å². The second kappa shape index (κ2) is 6.53. The fourth-order valence-electron chi connectivity index (χ4n) is 2.09. The number of nitrogens with zero attached hydrogens (tertiary/aromatic N) is 1. The first-order valence-corrected chi connectivity index (χ1v) is 6.99. The Morgan fingerprint density at radius 1 is 1.67 bits per heavy atom. The fraction of sp³-hybridized carbons (Fsp3) is 0.909. The summed E-state index contributed by atoms with van der Waals surface area (Å²) in [5.41, 5.74) is 0. The molecule has 1 fully saturated rings. The van der Waals surface area contributed by atoms with Crippen molar-refractivity contribution >= 4 is 21.9 Å². The van der Waals surface area contributed by atoms with Gasteiger partial charge in [0.05, 0.1) is 6.10 Å². The summed E-state index contributed by atoms with van der Waals surface area (Å²) >= 11 is 2.71. The number of halogens is 1. The van der Waals surface area contributed by atoms with Gasteiger partial charge in [0.15, 0.2) is 6.10 Å². The van der Waals surface area contributed by atoms with Gasteiger partial charge in [-0.2, -0.15) is 0 Å². The molecule has 5 atom stereocenters. The lowest BCUT2D eigenvalue weighted by molar-refractivity contribution is -0.565. The highest BCUT2D eigenvalue weighted by atomic mass is 79.9. The van der Waals surface area contributed by atoms with Gasteiger partial charge in [-0.05, 0) is 13.8 Å². The third-order valence-electron chi connectivity index (χ3n) is 3.06. The number of carbonyl (C=O) groups is 1. The van der Waals surface area contributed by atoms with Crippen molar-refractivity contribution in [3.63, 3.8) is 0 Å². The summed E-state index contributed by atoms with van der Waals surface area (Å²) < 4.78 is 13.4. The minimum absolute atomic E-state index is 0.217. The lowest BCUT2D eigenvalue weighted by Crippen LogP contribution is -2.63. The number of esters is 1. The Labute approximate surface area is 129 Å². The van der Waals surface area contributed by atoms with E-state index in [9.17, 15) is 25.1 Å². The molecule has 1 rings (SSSR count). The number of hydrogen-bond donors (Lipinski definition) is 2. The number of carbonyl (C=O) groups excluding carboxylic acids is 1. The largest absolute Gasteiger partial charge is 0.436 e. The Hall–Kier alpha value is -0.810. The van der Waals surface area contributed by atoms with Gasteiger partial charge in [0.1, 0.15) is 6.61 Å². The van der Waals surface area contributed by atoms with Crippen molar-refractivity contribution in [3.8, 4) is 0 Å². The number of hydrogen-bond acceptors (Lipinski definition) is 8. The molecule has 1 aliphatic heterocycles. The van der Waals surface area contributed by atoms with Crippen LogP contribution in [0.4, 0.5) is 0 Å². The Morgan fingerprint density at radius 2 is 2.24 bits per heavy atom. The molecule has 0 saturated carbocycles. The zero-order valence-corrected chi connectivity index (χ0v) is 13.4. The molecule has 0 radical (unpaired) electrons. The van der Waals surface area contributed by atoms with Crippen molar-refractivity contribution in [2.75, 3.05) is 6.61 Å². The second-order valence-electron chi connectivity index (χ2n) is 4.97. The van der Waals surface area contributed by atoms with Gasteiger partial charge in [-0.3, -0.25) is 14.9 Å². The van der Waals surface area contributed by atoms with Gasteiger partial charge in [-0.25, -0.2) is 0 Å². The van der Waals surface area contributed by atoms with E-state index in [2.05, 4.69) is 15.9 Å². The van der Waals surface area contributed by atoms with Crippen molar-refractivity contribution < 1.29 is 34.1 Å². The molecule has 0 spiro atoms. The highest BCUT2D eigenvalue weighted by Gasteiger charge is 2.60. The van der Waals surface area contributed by atoms with E-state index in [-0.39, 0.29) is 6.42 Å². The predicted octanol–water partition coefficient (Wildman–Crippen LogP) is 0.138. The summed E-state index contributed by atoms with van der Waals surface area (Å²) in [5, 5.41) is 30.5. The molecule has 2 N–H and O–H groups in total. The van der Waals surface area contributed by atoms with E-state index in [1.54, 1.807) is 6.92 Å². The van der Waals surface area contributed by atoms with Crippen LogP contribution in [0, 0.1) is 10.1 Å². The van der Waals surface area contributed by atoms with E-state index in [4.69, 9.17) is 14.2 Å². The van der Waals surface area contributed by atoms with Crippen LogP contribution in [0.5, 0.6) is 0 Å². The van der Waals surface area contributed by atoms with Crippen molar-refractivity contribution in [2.45, 2.75) is 55.9 Å². The first-order valence-electron chi connectivity index (χ1n) is 6.20. The van der Waals surface area contributed by atoms with Gasteiger partial charge in [0.25, 0.3) is 0 Å². The third kappa shape index (κ3) is 3.89.